The van der Waals surface area contributed by atoms with E-state index in [0.29, 0.717) is 12.1 Å². The van der Waals surface area contributed by atoms with Crippen molar-refractivity contribution in [2.45, 2.75) is 39.8 Å². The fraction of sp³-hybridized carbons (Fsp3) is 0.500. The van der Waals surface area contributed by atoms with E-state index in [1.807, 2.05) is 0 Å². The van der Waals surface area contributed by atoms with Gasteiger partial charge < -0.3 is 5.32 Å². The van der Waals surface area contributed by atoms with Gasteiger partial charge in [0.15, 0.2) is 11.6 Å². The molecule has 1 aromatic rings. The molecule has 1 N–H and O–H groups in total. The molecule has 0 saturated carbocycles. The highest BCUT2D eigenvalue weighted by atomic mass is 19.2. The minimum atomic E-state index is -0.791. The van der Waals surface area contributed by atoms with E-state index in [0.717, 1.165) is 17.6 Å². The first-order chi connectivity index (χ1) is 7.32. The van der Waals surface area contributed by atoms with Crippen LogP contribution < -0.4 is 10.8 Å². The first-order valence-electron chi connectivity index (χ1n) is 5.50. The lowest BCUT2D eigenvalue weighted by atomic mass is 9.96. The molecular formula is C12H20BF2N. The quantitative estimate of drug-likeness (QED) is 0.757. The van der Waals surface area contributed by atoms with Crippen molar-refractivity contribution in [2.75, 3.05) is 0 Å². The van der Waals surface area contributed by atoms with Gasteiger partial charge in [-0.2, -0.15) is 0 Å². The summed E-state index contributed by atoms with van der Waals surface area (Å²) in [6.45, 7) is 8.61. The van der Waals surface area contributed by atoms with Crippen molar-refractivity contribution in [3.63, 3.8) is 0 Å². The van der Waals surface area contributed by atoms with Gasteiger partial charge in [-0.3, -0.25) is 0 Å². The lowest BCUT2D eigenvalue weighted by molar-refractivity contribution is 0.509. The average molecular weight is 227 g/mol. The number of nitrogens with one attached hydrogen (secondary N) is 1. The normalized spacial score (nSPS) is 10.2. The Morgan fingerprint density at radius 1 is 1.00 bits per heavy atom. The zero-order chi connectivity index (χ0) is 12.7. The van der Waals surface area contributed by atoms with E-state index in [-0.39, 0.29) is 0 Å². The maximum atomic E-state index is 12.2. The van der Waals surface area contributed by atoms with Crippen molar-refractivity contribution in [3.8, 4) is 0 Å². The van der Waals surface area contributed by atoms with Gasteiger partial charge in [-0.1, -0.05) is 39.2 Å². The van der Waals surface area contributed by atoms with Gasteiger partial charge in [-0.05, 0) is 12.1 Å². The van der Waals surface area contributed by atoms with E-state index in [4.69, 9.17) is 0 Å². The van der Waals surface area contributed by atoms with Gasteiger partial charge in [0.25, 0.3) is 0 Å². The van der Waals surface area contributed by atoms with E-state index in [2.05, 4.69) is 33.0 Å². The predicted molar refractivity (Wildman–Crippen MR) is 67.9 cm³/mol. The highest BCUT2D eigenvalue weighted by Crippen LogP contribution is 1.99. The molecule has 0 radical (unpaired) electrons. The molecule has 0 aromatic heterocycles. The molecule has 1 rings (SSSR count). The lowest BCUT2D eigenvalue weighted by Gasteiger charge is -2.10. The Labute approximate surface area is 97.7 Å². The molecule has 1 aromatic carbocycles. The molecule has 0 spiro atoms. The van der Waals surface area contributed by atoms with E-state index in [9.17, 15) is 8.78 Å². The molecule has 16 heavy (non-hydrogen) atoms. The molecule has 0 bridgehead atoms. The SMILES string of the molecule is Bc1ccc(F)c(F)c1.CC(C)NC(C)C. The standard InChI is InChI=1S/C6H5BF2.C6H15N/c7-4-1-2-5(8)6(9)3-4;1-5(2)7-6(3)4/h1-3H,7H2;5-7H,1-4H3. The van der Waals surface area contributed by atoms with Gasteiger partial charge >= 0.3 is 0 Å². The monoisotopic (exact) mass is 227 g/mol. The van der Waals surface area contributed by atoms with Crippen LogP contribution in [0.2, 0.25) is 0 Å². The summed E-state index contributed by atoms with van der Waals surface area (Å²) in [7, 11) is 1.71. The summed E-state index contributed by atoms with van der Waals surface area (Å²) in [6, 6.07) is 5.05. The molecule has 0 amide bonds. The smallest absolute Gasteiger partial charge is 0.158 e. The molecule has 90 valence electrons. The van der Waals surface area contributed by atoms with Crippen LogP contribution in [0.3, 0.4) is 0 Å². The number of hydrogen-bond donors (Lipinski definition) is 1. The van der Waals surface area contributed by atoms with Crippen LogP contribution in [0, 0.1) is 11.6 Å². The van der Waals surface area contributed by atoms with Crippen molar-refractivity contribution in [3.05, 3.63) is 29.8 Å². The minimum Gasteiger partial charge on any atom is -0.312 e. The van der Waals surface area contributed by atoms with Gasteiger partial charge in [-0.25, -0.2) is 8.78 Å². The van der Waals surface area contributed by atoms with Crippen molar-refractivity contribution in [1.29, 1.82) is 0 Å². The number of hydrogen-bond acceptors (Lipinski definition) is 1. The largest absolute Gasteiger partial charge is 0.312 e. The molecular weight excluding hydrogens is 207 g/mol. The Morgan fingerprint density at radius 3 is 1.75 bits per heavy atom. The van der Waals surface area contributed by atoms with Crippen molar-refractivity contribution in [1.82, 2.24) is 5.32 Å². The molecule has 0 aliphatic rings. The molecule has 0 unspecified atom stereocenters. The third-order valence-electron chi connectivity index (χ3n) is 1.74. The lowest BCUT2D eigenvalue weighted by Crippen LogP contribution is -2.29. The molecule has 0 saturated heterocycles. The minimum absolute atomic E-state index is 0.625. The Kier molecular flexibility index (Phi) is 6.98. The molecule has 4 heteroatoms. The summed E-state index contributed by atoms with van der Waals surface area (Å²) in [4.78, 5) is 0. The third-order valence-corrected chi connectivity index (χ3v) is 1.74. The van der Waals surface area contributed by atoms with Crippen LogP contribution in [-0.2, 0) is 0 Å². The molecule has 0 aliphatic carbocycles. The maximum Gasteiger partial charge on any atom is 0.158 e. The third kappa shape index (κ3) is 7.40. The molecule has 0 fully saturated rings. The Balaban J connectivity index is 0.000000293. The van der Waals surface area contributed by atoms with Crippen molar-refractivity contribution < 1.29 is 8.78 Å². The summed E-state index contributed by atoms with van der Waals surface area (Å²) >= 11 is 0. The van der Waals surface area contributed by atoms with Crippen molar-refractivity contribution in [2.24, 2.45) is 0 Å². The second kappa shape index (κ2) is 7.39. The van der Waals surface area contributed by atoms with Crippen LogP contribution in [-0.4, -0.2) is 19.9 Å². The predicted octanol–water partition coefficient (Wildman–Crippen LogP) is 1.62. The molecule has 1 nitrogen and oxygen atoms in total. The Bertz CT molecular complexity index is 308. The van der Waals surface area contributed by atoms with Gasteiger partial charge in [0, 0.05) is 12.1 Å². The van der Waals surface area contributed by atoms with Crippen LogP contribution in [0.1, 0.15) is 27.7 Å². The van der Waals surface area contributed by atoms with Crippen LogP contribution in [0.5, 0.6) is 0 Å². The van der Waals surface area contributed by atoms with Gasteiger partial charge in [0.1, 0.15) is 7.85 Å². The fourth-order valence-electron chi connectivity index (χ4n) is 1.27. The Morgan fingerprint density at radius 2 is 1.50 bits per heavy atom. The summed E-state index contributed by atoms with van der Waals surface area (Å²) < 4.78 is 24.3. The van der Waals surface area contributed by atoms with Crippen LogP contribution in [0.4, 0.5) is 8.78 Å². The summed E-state index contributed by atoms with van der Waals surface area (Å²) in [5, 5.41) is 3.31. The van der Waals surface area contributed by atoms with E-state index < -0.39 is 11.6 Å². The van der Waals surface area contributed by atoms with Crippen molar-refractivity contribution >= 4 is 13.3 Å². The summed E-state index contributed by atoms with van der Waals surface area (Å²) in [5.74, 6) is -1.57. The molecule has 0 aliphatic heterocycles. The van der Waals surface area contributed by atoms with E-state index >= 15 is 0 Å². The maximum absolute atomic E-state index is 12.2. The van der Waals surface area contributed by atoms with Crippen LogP contribution in [0.15, 0.2) is 18.2 Å². The summed E-state index contributed by atoms with van der Waals surface area (Å²) in [5.41, 5.74) is 0.730. The zero-order valence-electron chi connectivity index (χ0n) is 10.6. The molecule has 0 heterocycles. The summed E-state index contributed by atoms with van der Waals surface area (Å²) in [6.07, 6.45) is 0. The first kappa shape index (κ1) is 15.1. The van der Waals surface area contributed by atoms with E-state index in [1.54, 1.807) is 7.85 Å². The Hall–Kier alpha value is -0.895. The number of halogens is 2. The van der Waals surface area contributed by atoms with E-state index in [1.165, 1.54) is 6.07 Å². The fourth-order valence-corrected chi connectivity index (χ4v) is 1.27. The molecule has 0 atom stereocenters. The van der Waals surface area contributed by atoms with Gasteiger partial charge in [-0.15, -0.1) is 0 Å². The second-order valence-corrected chi connectivity index (χ2v) is 4.39. The highest BCUT2D eigenvalue weighted by Gasteiger charge is 1.97. The average Bonchev–Trinajstić information content (AvgIpc) is 2.10. The van der Waals surface area contributed by atoms with Gasteiger partial charge in [0.2, 0.25) is 0 Å². The van der Waals surface area contributed by atoms with Crippen LogP contribution in [0.25, 0.3) is 0 Å². The second-order valence-electron chi connectivity index (χ2n) is 4.39. The van der Waals surface area contributed by atoms with Crippen LogP contribution >= 0.6 is 0 Å². The zero-order valence-corrected chi connectivity index (χ0v) is 10.6. The topological polar surface area (TPSA) is 12.0 Å². The highest BCUT2D eigenvalue weighted by molar-refractivity contribution is 6.32. The number of rotatable bonds is 2. The first-order valence-corrected chi connectivity index (χ1v) is 5.50. The van der Waals surface area contributed by atoms with Gasteiger partial charge in [0.05, 0.1) is 0 Å². The number of benzene rings is 1.